The van der Waals surface area contributed by atoms with Crippen molar-refractivity contribution in [2.75, 3.05) is 17.1 Å². The molecule has 0 radical (unpaired) electrons. The van der Waals surface area contributed by atoms with Gasteiger partial charge in [0.2, 0.25) is 15.9 Å². The van der Waals surface area contributed by atoms with Crippen molar-refractivity contribution >= 4 is 33.2 Å². The quantitative estimate of drug-likeness (QED) is 0.688. The molecule has 130 valence electrons. The van der Waals surface area contributed by atoms with Crippen molar-refractivity contribution in [3.05, 3.63) is 29.3 Å². The number of anilines is 1. The van der Waals surface area contributed by atoms with E-state index in [0.29, 0.717) is 23.7 Å². The molecule has 0 aliphatic rings. The van der Waals surface area contributed by atoms with Gasteiger partial charge in [0.15, 0.2) is 0 Å². The maximum Gasteiger partial charge on any atom is 0.243 e. The number of amides is 1. The third-order valence-corrected chi connectivity index (χ3v) is 4.89. The minimum absolute atomic E-state index is 0.283. The van der Waals surface area contributed by atoms with Gasteiger partial charge in [-0.05, 0) is 31.0 Å². The fourth-order valence-corrected chi connectivity index (χ4v) is 3.77. The van der Waals surface area contributed by atoms with Crippen molar-refractivity contribution in [3.63, 3.8) is 0 Å². The normalized spacial score (nSPS) is 12.7. The van der Waals surface area contributed by atoms with E-state index in [9.17, 15) is 13.2 Å². The van der Waals surface area contributed by atoms with Crippen LogP contribution in [0.1, 0.15) is 39.5 Å². The molecule has 7 heteroatoms. The number of hydrogen-bond donors (Lipinski definition) is 1. The smallest absolute Gasteiger partial charge is 0.243 e. The van der Waals surface area contributed by atoms with Crippen LogP contribution in [0.3, 0.4) is 0 Å². The average molecular weight is 361 g/mol. The van der Waals surface area contributed by atoms with Crippen molar-refractivity contribution in [3.8, 4) is 0 Å². The van der Waals surface area contributed by atoms with Crippen LogP contribution < -0.4 is 9.62 Å². The Morgan fingerprint density at radius 3 is 2.52 bits per heavy atom. The van der Waals surface area contributed by atoms with Gasteiger partial charge in [-0.2, -0.15) is 0 Å². The summed E-state index contributed by atoms with van der Waals surface area (Å²) in [6.45, 7) is 4.43. The monoisotopic (exact) mass is 360 g/mol. The van der Waals surface area contributed by atoms with Crippen LogP contribution in [-0.2, 0) is 14.8 Å². The lowest BCUT2D eigenvalue weighted by molar-refractivity contribution is -0.122. The van der Waals surface area contributed by atoms with Crippen LogP contribution >= 0.6 is 11.6 Å². The van der Waals surface area contributed by atoms with Gasteiger partial charge >= 0.3 is 0 Å². The molecule has 1 aromatic rings. The lowest BCUT2D eigenvalue weighted by atomic mass is 10.2. The zero-order valence-corrected chi connectivity index (χ0v) is 15.5. The lowest BCUT2D eigenvalue weighted by Crippen LogP contribution is -2.49. The topological polar surface area (TPSA) is 66.5 Å². The molecule has 1 aromatic carbocycles. The molecule has 5 nitrogen and oxygen atoms in total. The third kappa shape index (κ3) is 6.03. The first kappa shape index (κ1) is 19.8. The van der Waals surface area contributed by atoms with E-state index in [2.05, 4.69) is 12.2 Å². The maximum atomic E-state index is 12.4. The van der Waals surface area contributed by atoms with E-state index in [1.165, 1.54) is 0 Å². The highest BCUT2D eigenvalue weighted by Gasteiger charge is 2.31. The molecule has 0 aromatic heterocycles. The number of nitrogens with zero attached hydrogens (tertiary/aromatic N) is 1. The van der Waals surface area contributed by atoms with Gasteiger partial charge in [0.1, 0.15) is 6.04 Å². The highest BCUT2D eigenvalue weighted by molar-refractivity contribution is 7.92. The standard InChI is InChI=1S/C16H25ClN2O3S/c1-4-6-7-11-18-16(20)15(5-2)19(23(3,21)22)14-10-8-9-13(17)12-14/h8-10,12,15H,4-7,11H2,1-3H3,(H,18,20)/t15-/m1/s1. The minimum atomic E-state index is -3.61. The fraction of sp³-hybridized carbons (Fsp3) is 0.562. The largest absolute Gasteiger partial charge is 0.354 e. The van der Waals surface area contributed by atoms with Gasteiger partial charge in [0.05, 0.1) is 11.9 Å². The Labute approximate surface area is 144 Å². The molecule has 0 spiro atoms. The molecule has 1 N–H and O–H groups in total. The molecule has 0 aliphatic heterocycles. The number of halogens is 1. The summed E-state index contributed by atoms with van der Waals surface area (Å²) < 4.78 is 25.6. The number of benzene rings is 1. The number of nitrogens with one attached hydrogen (secondary N) is 1. The summed E-state index contributed by atoms with van der Waals surface area (Å²) in [6, 6.07) is 5.74. The van der Waals surface area contributed by atoms with Crippen LogP contribution in [0.2, 0.25) is 5.02 Å². The molecular weight excluding hydrogens is 336 g/mol. The Kier molecular flexibility index (Phi) is 7.85. The number of carbonyl (C=O) groups excluding carboxylic acids is 1. The molecule has 0 heterocycles. The van der Waals surface area contributed by atoms with Crippen molar-refractivity contribution in [2.45, 2.75) is 45.6 Å². The Bertz CT molecular complexity index is 620. The Morgan fingerprint density at radius 2 is 2.00 bits per heavy atom. The molecule has 0 saturated heterocycles. The molecule has 0 saturated carbocycles. The Hall–Kier alpha value is -1.27. The SMILES string of the molecule is CCCCCNC(=O)[C@@H](CC)N(c1cccc(Cl)c1)S(C)(=O)=O. The second kappa shape index (κ2) is 9.13. The van der Waals surface area contributed by atoms with Gasteiger partial charge in [-0.15, -0.1) is 0 Å². The van der Waals surface area contributed by atoms with E-state index in [0.717, 1.165) is 29.8 Å². The predicted molar refractivity (Wildman–Crippen MR) is 95.4 cm³/mol. The second-order valence-electron chi connectivity index (χ2n) is 5.46. The van der Waals surface area contributed by atoms with Crippen molar-refractivity contribution in [2.24, 2.45) is 0 Å². The molecule has 0 fully saturated rings. The van der Waals surface area contributed by atoms with Crippen LogP contribution in [0.25, 0.3) is 0 Å². The summed E-state index contributed by atoms with van der Waals surface area (Å²) in [7, 11) is -3.61. The molecule has 0 unspecified atom stereocenters. The van der Waals surface area contributed by atoms with Crippen LogP contribution in [0.4, 0.5) is 5.69 Å². The summed E-state index contributed by atoms with van der Waals surface area (Å²) in [5, 5.41) is 3.25. The van der Waals surface area contributed by atoms with Crippen LogP contribution in [0.15, 0.2) is 24.3 Å². The van der Waals surface area contributed by atoms with Crippen molar-refractivity contribution in [1.29, 1.82) is 0 Å². The fourth-order valence-electron chi connectivity index (χ4n) is 2.38. The van der Waals surface area contributed by atoms with E-state index in [1.807, 2.05) is 0 Å². The highest BCUT2D eigenvalue weighted by atomic mass is 35.5. The summed E-state index contributed by atoms with van der Waals surface area (Å²) in [4.78, 5) is 12.4. The van der Waals surface area contributed by atoms with E-state index < -0.39 is 16.1 Å². The summed E-state index contributed by atoms with van der Waals surface area (Å²) in [5.41, 5.74) is 0.399. The third-order valence-electron chi connectivity index (χ3n) is 3.47. The molecule has 1 rings (SSSR count). The number of sulfonamides is 1. The van der Waals surface area contributed by atoms with E-state index >= 15 is 0 Å². The highest BCUT2D eigenvalue weighted by Crippen LogP contribution is 2.25. The number of hydrogen-bond acceptors (Lipinski definition) is 3. The molecule has 23 heavy (non-hydrogen) atoms. The van der Waals surface area contributed by atoms with Gasteiger partial charge in [0.25, 0.3) is 0 Å². The van der Waals surface area contributed by atoms with Gasteiger partial charge in [0, 0.05) is 11.6 Å². The average Bonchev–Trinajstić information content (AvgIpc) is 2.47. The molecule has 0 bridgehead atoms. The number of carbonyl (C=O) groups is 1. The van der Waals surface area contributed by atoms with Crippen LogP contribution in [-0.4, -0.2) is 33.2 Å². The zero-order valence-electron chi connectivity index (χ0n) is 13.9. The Balaban J connectivity index is 3.02. The molecule has 1 amide bonds. The summed E-state index contributed by atoms with van der Waals surface area (Å²) >= 11 is 5.96. The van der Waals surface area contributed by atoms with Gasteiger partial charge < -0.3 is 5.32 Å². The molecule has 0 aliphatic carbocycles. The maximum absolute atomic E-state index is 12.4. The molecule has 1 atom stereocenters. The van der Waals surface area contributed by atoms with E-state index in [4.69, 9.17) is 11.6 Å². The van der Waals surface area contributed by atoms with Crippen LogP contribution in [0.5, 0.6) is 0 Å². The molecular formula is C16H25ClN2O3S. The zero-order chi connectivity index (χ0) is 17.5. The first-order valence-electron chi connectivity index (χ1n) is 7.84. The van der Waals surface area contributed by atoms with Gasteiger partial charge in [-0.1, -0.05) is 44.4 Å². The summed E-state index contributed by atoms with van der Waals surface area (Å²) in [6.07, 6.45) is 4.45. The first-order chi connectivity index (χ1) is 10.8. The van der Waals surface area contributed by atoms with Gasteiger partial charge in [-0.25, -0.2) is 8.42 Å². The van der Waals surface area contributed by atoms with Gasteiger partial charge in [-0.3, -0.25) is 9.10 Å². The Morgan fingerprint density at radius 1 is 1.30 bits per heavy atom. The van der Waals surface area contributed by atoms with Crippen molar-refractivity contribution < 1.29 is 13.2 Å². The summed E-state index contributed by atoms with van der Waals surface area (Å²) in [5.74, 6) is -0.283. The van der Waals surface area contributed by atoms with Crippen LogP contribution in [0, 0.1) is 0 Å². The number of rotatable bonds is 9. The minimum Gasteiger partial charge on any atom is -0.354 e. The number of unbranched alkanes of at least 4 members (excludes halogenated alkanes) is 2. The lowest BCUT2D eigenvalue weighted by Gasteiger charge is -2.30. The first-order valence-corrected chi connectivity index (χ1v) is 10.1. The van der Waals surface area contributed by atoms with Crippen molar-refractivity contribution in [1.82, 2.24) is 5.32 Å². The second-order valence-corrected chi connectivity index (χ2v) is 7.76. The van der Waals surface area contributed by atoms with E-state index in [1.54, 1.807) is 31.2 Å². The predicted octanol–water partition coefficient (Wildman–Crippen LogP) is 3.19. The van der Waals surface area contributed by atoms with E-state index in [-0.39, 0.29) is 5.91 Å².